The molecule has 0 aliphatic rings. The highest BCUT2D eigenvalue weighted by Gasteiger charge is 2.17. The van der Waals surface area contributed by atoms with E-state index in [1.807, 2.05) is 54.6 Å². The maximum atomic E-state index is 12.2. The molecule has 136 valence electrons. The Bertz CT molecular complexity index is 994. The molecule has 0 saturated carbocycles. The SMILES string of the molecule is COc1cccc(/C=C/C(=O)Nc2nc(-c3ccccc3)c(C(C)=O)s2)c1. The molecule has 1 heterocycles. The normalized spacial score (nSPS) is 10.7. The number of ether oxygens (including phenoxy) is 1. The molecule has 3 rings (SSSR count). The van der Waals surface area contributed by atoms with E-state index < -0.39 is 0 Å². The second-order valence-corrected chi connectivity index (χ2v) is 6.72. The Morgan fingerprint density at radius 2 is 1.89 bits per heavy atom. The number of hydrogen-bond donors (Lipinski definition) is 1. The van der Waals surface area contributed by atoms with E-state index in [1.54, 1.807) is 13.2 Å². The van der Waals surface area contributed by atoms with Gasteiger partial charge in [-0.2, -0.15) is 0 Å². The molecule has 0 atom stereocenters. The van der Waals surface area contributed by atoms with Crippen LogP contribution in [0.1, 0.15) is 22.2 Å². The van der Waals surface area contributed by atoms with Crippen LogP contribution in [-0.2, 0) is 4.79 Å². The van der Waals surface area contributed by atoms with Crippen LogP contribution in [0.5, 0.6) is 5.75 Å². The molecule has 0 fully saturated rings. The number of anilines is 1. The third-order valence-corrected chi connectivity index (χ3v) is 4.82. The fourth-order valence-corrected chi connectivity index (χ4v) is 3.35. The zero-order valence-corrected chi connectivity index (χ0v) is 15.7. The van der Waals surface area contributed by atoms with Crippen molar-refractivity contribution in [1.29, 1.82) is 0 Å². The Labute approximate surface area is 161 Å². The lowest BCUT2D eigenvalue weighted by atomic mass is 10.1. The number of ketones is 1. The van der Waals surface area contributed by atoms with Crippen molar-refractivity contribution in [3.05, 3.63) is 71.1 Å². The third kappa shape index (κ3) is 4.68. The van der Waals surface area contributed by atoms with Crippen molar-refractivity contribution in [2.24, 2.45) is 0 Å². The lowest BCUT2D eigenvalue weighted by Gasteiger charge is -2.00. The number of carbonyl (C=O) groups is 2. The zero-order valence-electron chi connectivity index (χ0n) is 14.9. The number of amides is 1. The summed E-state index contributed by atoms with van der Waals surface area (Å²) in [4.78, 5) is 29.1. The second kappa shape index (κ2) is 8.42. The van der Waals surface area contributed by atoms with E-state index in [0.717, 1.165) is 16.9 Å². The molecule has 27 heavy (non-hydrogen) atoms. The molecule has 0 unspecified atom stereocenters. The Balaban J connectivity index is 1.78. The van der Waals surface area contributed by atoms with Crippen LogP contribution in [-0.4, -0.2) is 23.8 Å². The first-order valence-electron chi connectivity index (χ1n) is 8.27. The van der Waals surface area contributed by atoms with E-state index in [4.69, 9.17) is 4.74 Å². The lowest BCUT2D eigenvalue weighted by molar-refractivity contribution is -0.111. The van der Waals surface area contributed by atoms with Crippen LogP contribution >= 0.6 is 11.3 Å². The summed E-state index contributed by atoms with van der Waals surface area (Å²) in [6.07, 6.45) is 3.11. The van der Waals surface area contributed by atoms with Gasteiger partial charge in [0, 0.05) is 18.6 Å². The van der Waals surface area contributed by atoms with Gasteiger partial charge < -0.3 is 4.74 Å². The Morgan fingerprint density at radius 3 is 2.59 bits per heavy atom. The summed E-state index contributed by atoms with van der Waals surface area (Å²) in [6.45, 7) is 1.49. The van der Waals surface area contributed by atoms with Gasteiger partial charge in [-0.05, 0) is 23.8 Å². The zero-order chi connectivity index (χ0) is 19.2. The molecule has 0 spiro atoms. The molecule has 2 aromatic carbocycles. The molecule has 1 aromatic heterocycles. The predicted octanol–water partition coefficient (Wildman–Crippen LogP) is 4.67. The van der Waals surface area contributed by atoms with Gasteiger partial charge in [-0.3, -0.25) is 14.9 Å². The van der Waals surface area contributed by atoms with Crippen molar-refractivity contribution in [2.75, 3.05) is 12.4 Å². The summed E-state index contributed by atoms with van der Waals surface area (Å²) >= 11 is 1.17. The van der Waals surface area contributed by atoms with E-state index in [-0.39, 0.29) is 11.7 Å². The van der Waals surface area contributed by atoms with Gasteiger partial charge in [0.25, 0.3) is 0 Å². The number of benzene rings is 2. The monoisotopic (exact) mass is 378 g/mol. The number of nitrogens with one attached hydrogen (secondary N) is 1. The Kier molecular flexibility index (Phi) is 5.78. The molecule has 6 heteroatoms. The fourth-order valence-electron chi connectivity index (χ4n) is 2.47. The van der Waals surface area contributed by atoms with E-state index in [1.165, 1.54) is 24.3 Å². The van der Waals surface area contributed by atoms with E-state index in [2.05, 4.69) is 10.3 Å². The number of Topliss-reactive ketones (excluding diaryl/α,β-unsaturated/α-hetero) is 1. The van der Waals surface area contributed by atoms with Crippen molar-refractivity contribution in [3.63, 3.8) is 0 Å². The standard InChI is InChI=1S/C21H18N2O3S/c1-14(24)20-19(16-8-4-3-5-9-16)23-21(27-20)22-18(25)12-11-15-7-6-10-17(13-15)26-2/h3-13H,1-2H3,(H,22,23,25)/b12-11+. The minimum absolute atomic E-state index is 0.0845. The molecular weight excluding hydrogens is 360 g/mol. The summed E-state index contributed by atoms with van der Waals surface area (Å²) in [6, 6.07) is 16.8. The third-order valence-electron chi connectivity index (χ3n) is 3.75. The first-order valence-corrected chi connectivity index (χ1v) is 9.09. The largest absolute Gasteiger partial charge is 0.497 e. The van der Waals surface area contributed by atoms with Crippen LogP contribution < -0.4 is 10.1 Å². The van der Waals surface area contributed by atoms with Gasteiger partial charge >= 0.3 is 0 Å². The number of methoxy groups -OCH3 is 1. The van der Waals surface area contributed by atoms with Gasteiger partial charge in [-0.25, -0.2) is 4.98 Å². The maximum Gasteiger partial charge on any atom is 0.250 e. The van der Waals surface area contributed by atoms with E-state index >= 15 is 0 Å². The number of aromatic nitrogens is 1. The van der Waals surface area contributed by atoms with Crippen molar-refractivity contribution < 1.29 is 14.3 Å². The summed E-state index contributed by atoms with van der Waals surface area (Å²) < 4.78 is 5.16. The maximum absolute atomic E-state index is 12.2. The summed E-state index contributed by atoms with van der Waals surface area (Å²) in [7, 11) is 1.59. The second-order valence-electron chi connectivity index (χ2n) is 5.72. The van der Waals surface area contributed by atoms with Crippen molar-refractivity contribution >= 4 is 34.2 Å². The number of rotatable bonds is 6. The van der Waals surface area contributed by atoms with E-state index in [0.29, 0.717) is 15.7 Å². The van der Waals surface area contributed by atoms with Gasteiger partial charge in [0.15, 0.2) is 10.9 Å². The molecule has 0 aliphatic heterocycles. The lowest BCUT2D eigenvalue weighted by Crippen LogP contribution is -2.07. The highest BCUT2D eigenvalue weighted by Crippen LogP contribution is 2.31. The first kappa shape index (κ1) is 18.5. The molecule has 0 aliphatic carbocycles. The predicted molar refractivity (Wildman–Crippen MR) is 108 cm³/mol. The minimum atomic E-state index is -0.318. The molecule has 0 radical (unpaired) electrons. The summed E-state index contributed by atoms with van der Waals surface area (Å²) in [5.74, 6) is 0.316. The van der Waals surface area contributed by atoms with Crippen molar-refractivity contribution in [2.45, 2.75) is 6.92 Å². The van der Waals surface area contributed by atoms with Crippen LogP contribution in [0.3, 0.4) is 0 Å². The molecule has 0 bridgehead atoms. The van der Waals surface area contributed by atoms with Gasteiger partial charge in [-0.15, -0.1) is 0 Å². The van der Waals surface area contributed by atoms with Gasteiger partial charge in [0.05, 0.1) is 17.7 Å². The fraction of sp³-hybridized carbons (Fsp3) is 0.0952. The first-order chi connectivity index (χ1) is 13.1. The average molecular weight is 378 g/mol. The number of carbonyl (C=O) groups excluding carboxylic acids is 2. The van der Waals surface area contributed by atoms with Gasteiger partial charge in [0.2, 0.25) is 5.91 Å². The molecule has 5 nitrogen and oxygen atoms in total. The highest BCUT2D eigenvalue weighted by molar-refractivity contribution is 7.18. The topological polar surface area (TPSA) is 68.3 Å². The van der Waals surface area contributed by atoms with Gasteiger partial charge in [0.1, 0.15) is 5.75 Å². The number of hydrogen-bond acceptors (Lipinski definition) is 5. The number of thiazole rings is 1. The van der Waals surface area contributed by atoms with Crippen LogP contribution in [0.25, 0.3) is 17.3 Å². The smallest absolute Gasteiger partial charge is 0.250 e. The van der Waals surface area contributed by atoms with Gasteiger partial charge in [-0.1, -0.05) is 53.8 Å². The van der Waals surface area contributed by atoms with Crippen LogP contribution in [0, 0.1) is 0 Å². The quantitative estimate of drug-likeness (QED) is 0.500. The van der Waals surface area contributed by atoms with Crippen LogP contribution in [0.4, 0.5) is 5.13 Å². The average Bonchev–Trinajstić information content (AvgIpc) is 3.11. The van der Waals surface area contributed by atoms with Crippen molar-refractivity contribution in [3.8, 4) is 17.0 Å². The van der Waals surface area contributed by atoms with Crippen molar-refractivity contribution in [1.82, 2.24) is 4.98 Å². The minimum Gasteiger partial charge on any atom is -0.497 e. The van der Waals surface area contributed by atoms with Crippen LogP contribution in [0.15, 0.2) is 60.7 Å². The molecule has 3 aromatic rings. The Hall–Kier alpha value is -3.25. The number of nitrogens with zero attached hydrogens (tertiary/aromatic N) is 1. The molecule has 1 N–H and O–H groups in total. The summed E-state index contributed by atoms with van der Waals surface area (Å²) in [5, 5.41) is 3.11. The highest BCUT2D eigenvalue weighted by atomic mass is 32.1. The molecule has 0 saturated heterocycles. The van der Waals surface area contributed by atoms with E-state index in [9.17, 15) is 9.59 Å². The Morgan fingerprint density at radius 1 is 1.11 bits per heavy atom. The van der Waals surface area contributed by atoms with Crippen LogP contribution in [0.2, 0.25) is 0 Å². The molecular formula is C21H18N2O3S. The summed E-state index contributed by atoms with van der Waals surface area (Å²) in [5.41, 5.74) is 2.27. The molecule has 1 amide bonds.